The average Bonchev–Trinajstić information content (AvgIpc) is 2.92. The molecule has 4 amide bonds. The van der Waals surface area contributed by atoms with Gasteiger partial charge in [0.1, 0.15) is 17.9 Å². The molecule has 0 radical (unpaired) electrons. The molecule has 41 heavy (non-hydrogen) atoms. The Labute approximate surface area is 243 Å². The van der Waals surface area contributed by atoms with Crippen molar-refractivity contribution in [1.29, 1.82) is 0 Å². The van der Waals surface area contributed by atoms with E-state index in [4.69, 9.17) is 0 Å². The molecule has 0 bridgehead atoms. The number of nitrogens with one attached hydrogen (secondary N) is 5. The van der Waals surface area contributed by atoms with Gasteiger partial charge in [0.25, 0.3) is 5.91 Å². The number of H-pyrrole nitrogens is 1. The maximum Gasteiger partial charge on any atom is 0.251 e. The highest BCUT2D eigenvalue weighted by Crippen LogP contribution is 1.99. The van der Waals surface area contributed by atoms with E-state index < -0.39 is 23.9 Å². The van der Waals surface area contributed by atoms with E-state index in [0.717, 1.165) is 11.5 Å². The summed E-state index contributed by atoms with van der Waals surface area (Å²) in [6, 6.07) is 9.98. The predicted molar refractivity (Wildman–Crippen MR) is 161 cm³/mol. The molecule has 11 heteroatoms. The molecule has 2 aromatic rings. The van der Waals surface area contributed by atoms with Gasteiger partial charge in [-0.2, -0.15) is 0 Å². The van der Waals surface area contributed by atoms with Crippen molar-refractivity contribution in [2.45, 2.75) is 80.4 Å². The van der Waals surface area contributed by atoms with Crippen LogP contribution in [0, 0.1) is 5.92 Å². The van der Waals surface area contributed by atoms with Crippen molar-refractivity contribution in [1.82, 2.24) is 26.3 Å². The van der Waals surface area contributed by atoms with Gasteiger partial charge in [-0.05, 0) is 44.4 Å². The Hall–Kier alpha value is -4.28. The number of amides is 4. The van der Waals surface area contributed by atoms with Crippen molar-refractivity contribution in [3.05, 3.63) is 70.1 Å². The van der Waals surface area contributed by atoms with E-state index in [1.54, 1.807) is 42.6 Å². The normalized spacial score (nSPS) is 10.9. The largest absolute Gasteiger partial charge is 0.355 e. The van der Waals surface area contributed by atoms with E-state index in [1.807, 2.05) is 0 Å². The van der Waals surface area contributed by atoms with E-state index in [1.165, 1.54) is 33.3 Å². The summed E-state index contributed by atoms with van der Waals surface area (Å²) in [7, 11) is 0. The predicted octanol–water partition coefficient (Wildman–Crippen LogP) is 2.71. The van der Waals surface area contributed by atoms with Crippen LogP contribution in [0.15, 0.2) is 53.5 Å². The zero-order valence-corrected chi connectivity index (χ0v) is 25.5. The molecule has 0 fully saturated rings. The van der Waals surface area contributed by atoms with Gasteiger partial charge in [0, 0.05) is 24.4 Å². The summed E-state index contributed by atoms with van der Waals surface area (Å²) in [5, 5.41) is 9.92. The fourth-order valence-electron chi connectivity index (χ4n) is 2.42. The van der Waals surface area contributed by atoms with E-state index in [9.17, 15) is 28.8 Å². The number of carbonyl (C=O) groups is 5. The summed E-state index contributed by atoms with van der Waals surface area (Å²) < 4.78 is 0. The third kappa shape index (κ3) is 22.3. The Balaban J connectivity index is 0. The van der Waals surface area contributed by atoms with Crippen LogP contribution in [0.1, 0.15) is 77.7 Å². The monoisotopic (exact) mass is 573 g/mol. The topological polar surface area (TPSA) is 166 Å². The number of hydrogen-bond donors (Lipinski definition) is 5. The molecule has 1 heterocycles. The average molecular weight is 574 g/mol. The summed E-state index contributed by atoms with van der Waals surface area (Å²) in [5.74, 6) is -0.669. The van der Waals surface area contributed by atoms with Crippen LogP contribution < -0.4 is 26.8 Å². The van der Waals surface area contributed by atoms with Gasteiger partial charge < -0.3 is 26.3 Å². The number of carbonyl (C=O) groups excluding carboxylic acids is 5. The summed E-state index contributed by atoms with van der Waals surface area (Å²) in [4.78, 5) is 69.3. The second-order valence-corrected chi connectivity index (χ2v) is 9.71. The third-order valence-electron chi connectivity index (χ3n) is 4.28. The number of hydrogen-bond acceptors (Lipinski definition) is 6. The lowest BCUT2D eigenvalue weighted by Crippen LogP contribution is -2.52. The van der Waals surface area contributed by atoms with Crippen LogP contribution in [0.3, 0.4) is 0 Å². The summed E-state index contributed by atoms with van der Waals surface area (Å²) in [5.41, 5.74) is 1.18. The molecule has 0 saturated carbocycles. The molecule has 2 unspecified atom stereocenters. The van der Waals surface area contributed by atoms with E-state index in [2.05, 4.69) is 60.9 Å². The molecule has 5 N–H and O–H groups in total. The Morgan fingerprint density at radius 2 is 1.39 bits per heavy atom. The Kier molecular flexibility index (Phi) is 22.4. The minimum atomic E-state index is -0.807. The minimum absolute atomic E-state index is 0.0840. The van der Waals surface area contributed by atoms with Crippen LogP contribution >= 0.6 is 0 Å². The van der Waals surface area contributed by atoms with Crippen molar-refractivity contribution in [3.63, 3.8) is 0 Å². The van der Waals surface area contributed by atoms with E-state index in [0.29, 0.717) is 18.5 Å². The minimum Gasteiger partial charge on any atom is -0.355 e. The Morgan fingerprint density at radius 3 is 1.85 bits per heavy atom. The lowest BCUT2D eigenvalue weighted by molar-refractivity contribution is -0.130. The van der Waals surface area contributed by atoms with Gasteiger partial charge in [-0.25, -0.2) is 0 Å². The first-order valence-electron chi connectivity index (χ1n) is 13.6. The summed E-state index contributed by atoms with van der Waals surface area (Å²) >= 11 is 0. The van der Waals surface area contributed by atoms with Gasteiger partial charge in [-0.15, -0.1) is 0 Å². The lowest BCUT2D eigenvalue weighted by Gasteiger charge is -2.18. The van der Waals surface area contributed by atoms with Gasteiger partial charge >= 0.3 is 0 Å². The van der Waals surface area contributed by atoms with E-state index >= 15 is 0 Å². The second kappa shape index (κ2) is 23.6. The number of aromatic amines is 1. The zero-order valence-electron chi connectivity index (χ0n) is 25.5. The molecule has 228 valence electrons. The Morgan fingerprint density at radius 1 is 0.854 bits per heavy atom. The maximum atomic E-state index is 12.0. The highest BCUT2D eigenvalue weighted by Gasteiger charge is 2.21. The van der Waals surface area contributed by atoms with Crippen LogP contribution in [0.4, 0.5) is 0 Å². The number of Topliss-reactive ketones (excluding diaryl/α,β-unsaturated/α-hetero) is 1. The fourth-order valence-corrected chi connectivity index (χ4v) is 2.42. The molecule has 0 aliphatic heterocycles. The Bertz CT molecular complexity index is 1080. The number of pyridine rings is 1. The zero-order chi connectivity index (χ0) is 31.8. The standard InChI is InChI=1S/C16H21N3O4.C7H8N2O2.C4H10.C3H8/c1-10(20)9-17-14(21)11(2)18-15(22)12(3)19-16(23)13-7-5-4-6-8-13;10-5-8-3-6-1-2-7(11)9-4-6;1-4(2)3;1-3-2/h4-8,11-12H,9H2,1-3H3,(H,17,21)(H,18,22)(H,19,23);1-2,4-5H,3H2,(H,8,10)(H,9,11);4H,1-3H3;3H2,1-2H3. The van der Waals surface area contributed by atoms with Crippen molar-refractivity contribution in [2.24, 2.45) is 5.92 Å². The van der Waals surface area contributed by atoms with E-state index in [-0.39, 0.29) is 23.8 Å². The van der Waals surface area contributed by atoms with Gasteiger partial charge in [0.15, 0.2) is 0 Å². The van der Waals surface area contributed by atoms with Crippen LogP contribution in [-0.4, -0.2) is 53.5 Å². The molecular formula is C30H47N5O6. The fraction of sp³-hybridized carbons (Fsp3) is 0.467. The summed E-state index contributed by atoms with van der Waals surface area (Å²) in [6.45, 7) is 15.5. The van der Waals surface area contributed by atoms with Gasteiger partial charge in [-0.1, -0.05) is 65.3 Å². The number of aromatic nitrogens is 1. The van der Waals surface area contributed by atoms with Crippen molar-refractivity contribution >= 4 is 29.9 Å². The molecule has 1 aromatic carbocycles. The smallest absolute Gasteiger partial charge is 0.251 e. The molecule has 0 spiro atoms. The van der Waals surface area contributed by atoms with Crippen LogP contribution in [0.5, 0.6) is 0 Å². The molecule has 0 saturated heterocycles. The van der Waals surface area contributed by atoms with Gasteiger partial charge in [-0.3, -0.25) is 28.8 Å². The quantitative estimate of drug-likeness (QED) is 0.274. The summed E-state index contributed by atoms with van der Waals surface area (Å²) in [6.07, 6.45) is 3.43. The third-order valence-corrected chi connectivity index (χ3v) is 4.28. The first kappa shape index (κ1) is 38.9. The highest BCUT2D eigenvalue weighted by atomic mass is 16.2. The van der Waals surface area contributed by atoms with Crippen LogP contribution in [0.2, 0.25) is 0 Å². The van der Waals surface area contributed by atoms with Crippen LogP contribution in [-0.2, 0) is 25.7 Å². The van der Waals surface area contributed by atoms with Gasteiger partial charge in [0.2, 0.25) is 23.8 Å². The van der Waals surface area contributed by atoms with Crippen molar-refractivity contribution in [3.8, 4) is 0 Å². The first-order valence-corrected chi connectivity index (χ1v) is 13.6. The highest BCUT2D eigenvalue weighted by molar-refractivity contribution is 5.98. The molecule has 0 aliphatic rings. The van der Waals surface area contributed by atoms with Gasteiger partial charge in [0.05, 0.1) is 6.54 Å². The van der Waals surface area contributed by atoms with Crippen molar-refractivity contribution < 1.29 is 24.0 Å². The second-order valence-electron chi connectivity index (χ2n) is 9.71. The molecule has 0 aliphatic carbocycles. The molecular weight excluding hydrogens is 526 g/mol. The lowest BCUT2D eigenvalue weighted by atomic mass is 10.2. The molecule has 2 rings (SSSR count). The van der Waals surface area contributed by atoms with Crippen molar-refractivity contribution in [2.75, 3.05) is 6.54 Å². The first-order chi connectivity index (χ1) is 19.3. The maximum absolute atomic E-state index is 12.0. The SMILES string of the molecule is CC(=O)CNC(=O)C(C)NC(=O)C(C)NC(=O)c1ccccc1.CC(C)C.CCC.O=CNCc1ccc(=O)[nH]c1. The number of benzene rings is 1. The molecule has 2 atom stereocenters. The number of ketones is 1. The van der Waals surface area contributed by atoms with Crippen LogP contribution in [0.25, 0.3) is 0 Å². The molecule has 1 aromatic heterocycles. The number of rotatable bonds is 10. The molecule has 11 nitrogen and oxygen atoms in total.